The molecule has 0 aromatic heterocycles. The maximum absolute atomic E-state index is 12.8. The SMILES string of the molecule is [CH3][Zr]([CH3])([O]c1ccc(F)cc1)[O]c1ccc(F)cc1. The normalized spacial score (nSPS) is 11.2. The summed E-state index contributed by atoms with van der Waals surface area (Å²) in [6, 6.07) is 11.7. The van der Waals surface area contributed by atoms with Crippen LogP contribution < -0.4 is 5.63 Å². The van der Waals surface area contributed by atoms with Gasteiger partial charge in [-0.1, -0.05) is 0 Å². The molecule has 0 radical (unpaired) electrons. The van der Waals surface area contributed by atoms with Crippen LogP contribution in [0.15, 0.2) is 48.5 Å². The third kappa shape index (κ3) is 4.43. The Morgan fingerprint density at radius 1 is 0.684 bits per heavy atom. The van der Waals surface area contributed by atoms with Crippen molar-refractivity contribution < 1.29 is 35.6 Å². The Kier molecular flexibility index (Phi) is 4.36. The fourth-order valence-electron chi connectivity index (χ4n) is 1.59. The van der Waals surface area contributed by atoms with Crippen LogP contribution in [0.1, 0.15) is 0 Å². The average molecular weight is 343 g/mol. The van der Waals surface area contributed by atoms with Crippen molar-refractivity contribution in [1.29, 1.82) is 0 Å². The van der Waals surface area contributed by atoms with E-state index in [1.807, 2.05) is 9.26 Å². The van der Waals surface area contributed by atoms with Gasteiger partial charge in [-0.05, 0) is 0 Å². The topological polar surface area (TPSA) is 18.5 Å². The Morgan fingerprint density at radius 2 is 1.00 bits per heavy atom. The molecule has 0 atom stereocenters. The Morgan fingerprint density at radius 3 is 1.32 bits per heavy atom. The number of hydrogen-bond acceptors (Lipinski definition) is 2. The number of halogens is 2. The third-order valence-corrected chi connectivity index (χ3v) is 5.93. The van der Waals surface area contributed by atoms with E-state index in [9.17, 15) is 8.78 Å². The summed E-state index contributed by atoms with van der Waals surface area (Å²) in [6.07, 6.45) is 0. The molecule has 0 saturated heterocycles. The van der Waals surface area contributed by atoms with E-state index in [4.69, 9.17) is 5.63 Å². The van der Waals surface area contributed by atoms with Gasteiger partial charge in [0, 0.05) is 0 Å². The van der Waals surface area contributed by atoms with Gasteiger partial charge in [0.2, 0.25) is 0 Å². The van der Waals surface area contributed by atoms with Gasteiger partial charge in [0.25, 0.3) is 0 Å². The van der Waals surface area contributed by atoms with Gasteiger partial charge < -0.3 is 0 Å². The first-order chi connectivity index (χ1) is 8.94. The molecule has 0 N–H and O–H groups in total. The Labute approximate surface area is 116 Å². The molecule has 0 amide bonds. The molecule has 2 aromatic rings. The predicted octanol–water partition coefficient (Wildman–Crippen LogP) is 4.50. The Bertz CT molecular complexity index is 489. The number of benzene rings is 2. The minimum atomic E-state index is -3.24. The summed E-state index contributed by atoms with van der Waals surface area (Å²) in [7, 11) is 0. The summed E-state index contributed by atoms with van der Waals surface area (Å²) in [6.45, 7) is 0. The van der Waals surface area contributed by atoms with Crippen molar-refractivity contribution in [2.75, 3.05) is 0 Å². The second-order valence-electron chi connectivity index (χ2n) is 4.51. The quantitative estimate of drug-likeness (QED) is 0.813. The monoisotopic (exact) mass is 342 g/mol. The van der Waals surface area contributed by atoms with Crippen molar-refractivity contribution in [2.45, 2.75) is 9.26 Å². The van der Waals surface area contributed by atoms with Gasteiger partial charge in [0.15, 0.2) is 0 Å². The third-order valence-electron chi connectivity index (χ3n) is 2.35. The molecule has 19 heavy (non-hydrogen) atoms. The van der Waals surface area contributed by atoms with Crippen molar-refractivity contribution in [3.05, 3.63) is 60.2 Å². The molecule has 0 bridgehead atoms. The second kappa shape index (κ2) is 5.83. The van der Waals surface area contributed by atoms with Crippen molar-refractivity contribution in [1.82, 2.24) is 0 Å². The van der Waals surface area contributed by atoms with Crippen LogP contribution in [0.5, 0.6) is 11.5 Å². The standard InChI is InChI=1S/2C6H5FO.2CH3.Zr/c2*7-5-1-3-6(8)4-2-5;;;/h2*1-4,8H;2*1H3;/q;;;;+2/p-2. The zero-order chi connectivity index (χ0) is 13.9. The van der Waals surface area contributed by atoms with E-state index in [1.54, 1.807) is 24.3 Å². The first-order valence-corrected chi connectivity index (χ1v) is 12.8. The average Bonchev–Trinajstić information content (AvgIpc) is 2.34. The van der Waals surface area contributed by atoms with Crippen molar-refractivity contribution in [3.8, 4) is 11.5 Å². The van der Waals surface area contributed by atoms with Gasteiger partial charge in [-0.15, -0.1) is 0 Å². The molecule has 0 aliphatic carbocycles. The maximum atomic E-state index is 12.8. The molecule has 100 valence electrons. The first-order valence-electron chi connectivity index (χ1n) is 5.84. The van der Waals surface area contributed by atoms with Crippen LogP contribution >= 0.6 is 0 Å². The van der Waals surface area contributed by atoms with Crippen LogP contribution in [0.25, 0.3) is 0 Å². The van der Waals surface area contributed by atoms with Crippen LogP contribution in [-0.4, -0.2) is 0 Å². The second-order valence-corrected chi connectivity index (χ2v) is 12.4. The van der Waals surface area contributed by atoms with E-state index in [-0.39, 0.29) is 11.6 Å². The zero-order valence-corrected chi connectivity index (χ0v) is 13.1. The molecule has 2 aromatic carbocycles. The van der Waals surface area contributed by atoms with E-state index < -0.39 is 21.1 Å². The van der Waals surface area contributed by atoms with Gasteiger partial charge in [0.05, 0.1) is 0 Å². The minimum absolute atomic E-state index is 0.306. The summed E-state index contributed by atoms with van der Waals surface area (Å²) in [4.78, 5) is 0. The summed E-state index contributed by atoms with van der Waals surface area (Å²) in [5, 5.41) is 0. The molecule has 0 aliphatic heterocycles. The van der Waals surface area contributed by atoms with E-state index >= 15 is 0 Å². The van der Waals surface area contributed by atoms with Crippen LogP contribution in [0.3, 0.4) is 0 Å². The summed E-state index contributed by atoms with van der Waals surface area (Å²) in [5.74, 6) is 0.563. The van der Waals surface area contributed by atoms with Gasteiger partial charge in [-0.25, -0.2) is 0 Å². The molecular formula is C14H14F2O2Zr. The van der Waals surface area contributed by atoms with Gasteiger partial charge in [-0.3, -0.25) is 0 Å². The van der Waals surface area contributed by atoms with E-state index in [1.165, 1.54) is 24.3 Å². The van der Waals surface area contributed by atoms with Crippen LogP contribution in [-0.2, 0) is 21.1 Å². The van der Waals surface area contributed by atoms with E-state index in [0.717, 1.165) is 0 Å². The molecule has 0 unspecified atom stereocenters. The van der Waals surface area contributed by atoms with Gasteiger partial charge in [-0.2, -0.15) is 0 Å². The molecule has 5 heteroatoms. The van der Waals surface area contributed by atoms with E-state index in [2.05, 4.69) is 0 Å². The van der Waals surface area contributed by atoms with Gasteiger partial charge in [0.1, 0.15) is 0 Å². The molecule has 0 heterocycles. The van der Waals surface area contributed by atoms with Gasteiger partial charge >= 0.3 is 116 Å². The summed E-state index contributed by atoms with van der Waals surface area (Å²) >= 11 is -3.24. The molecule has 2 nitrogen and oxygen atoms in total. The molecule has 0 fully saturated rings. The summed E-state index contributed by atoms with van der Waals surface area (Å²) < 4.78 is 41.1. The predicted molar refractivity (Wildman–Crippen MR) is 65.8 cm³/mol. The van der Waals surface area contributed by atoms with Crippen molar-refractivity contribution >= 4 is 0 Å². The number of rotatable bonds is 4. The molecule has 0 aliphatic rings. The molecule has 0 saturated carbocycles. The fourth-order valence-corrected chi connectivity index (χ4v) is 5.16. The Hall–Kier alpha value is -1.22. The molecule has 0 spiro atoms. The zero-order valence-electron chi connectivity index (χ0n) is 10.7. The summed E-state index contributed by atoms with van der Waals surface area (Å²) in [5.41, 5.74) is 0. The fraction of sp³-hybridized carbons (Fsp3) is 0.143. The number of hydrogen-bond donors (Lipinski definition) is 0. The van der Waals surface area contributed by atoms with Crippen molar-refractivity contribution in [3.63, 3.8) is 0 Å². The van der Waals surface area contributed by atoms with Crippen LogP contribution in [0.2, 0.25) is 9.26 Å². The van der Waals surface area contributed by atoms with Crippen LogP contribution in [0, 0.1) is 11.6 Å². The first kappa shape index (κ1) is 14.2. The van der Waals surface area contributed by atoms with E-state index in [0.29, 0.717) is 11.5 Å². The van der Waals surface area contributed by atoms with Crippen molar-refractivity contribution in [2.24, 2.45) is 0 Å². The Balaban J connectivity index is 2.05. The molecule has 2 rings (SSSR count). The van der Waals surface area contributed by atoms with Crippen LogP contribution in [0.4, 0.5) is 8.78 Å². The molecular weight excluding hydrogens is 329 g/mol.